The largest absolute Gasteiger partial charge is 0.525 e. The van der Waals surface area contributed by atoms with Crippen molar-refractivity contribution in [2.75, 3.05) is 0 Å². The topological polar surface area (TPSA) is 55.8 Å². The third kappa shape index (κ3) is 3.13. The Morgan fingerprint density at radius 3 is 2.24 bits per heavy atom. The highest BCUT2D eigenvalue weighted by molar-refractivity contribution is 6.53. The van der Waals surface area contributed by atoms with Gasteiger partial charge in [0.25, 0.3) is 0 Å². The minimum atomic E-state index is -1.88. The zero-order valence-electron chi connectivity index (χ0n) is 12.8. The van der Waals surface area contributed by atoms with Gasteiger partial charge < -0.3 is 14.4 Å². The van der Waals surface area contributed by atoms with E-state index in [9.17, 15) is 13.6 Å². The van der Waals surface area contributed by atoms with Crippen LogP contribution in [-0.2, 0) is 14.1 Å². The van der Waals surface area contributed by atoms with E-state index < -0.39 is 36.2 Å². The molecule has 2 rings (SSSR count). The summed E-state index contributed by atoms with van der Waals surface area (Å²) in [6.45, 7) is 7.37. The van der Waals surface area contributed by atoms with Gasteiger partial charge in [-0.1, -0.05) is 0 Å². The highest BCUT2D eigenvalue weighted by Crippen LogP contribution is 2.44. The Bertz CT molecular complexity index is 452. The van der Waals surface area contributed by atoms with Crippen molar-refractivity contribution in [3.8, 4) is 0 Å². The van der Waals surface area contributed by atoms with Gasteiger partial charge in [-0.15, -0.1) is 0 Å². The second-order valence-electron chi connectivity index (χ2n) is 6.86. The number of halogens is 2. The smallest absolute Gasteiger partial charge is 0.479 e. The third-order valence-corrected chi connectivity index (χ3v) is 4.68. The summed E-state index contributed by atoms with van der Waals surface area (Å²) in [5.41, 5.74) is -1.12. The number of alkyl halides is 1. The molecule has 118 valence electrons. The summed E-state index contributed by atoms with van der Waals surface area (Å²) >= 11 is 0. The van der Waals surface area contributed by atoms with E-state index in [1.807, 2.05) is 27.7 Å². The Balaban J connectivity index is 1.94. The molecule has 1 atom stereocenters. The molecule has 0 aromatic carbocycles. The van der Waals surface area contributed by atoms with E-state index in [4.69, 9.17) is 14.4 Å². The summed E-state index contributed by atoms with van der Waals surface area (Å²) < 4.78 is 38.6. The molecule has 0 bridgehead atoms. The van der Waals surface area contributed by atoms with Gasteiger partial charge in [-0.2, -0.15) is 0 Å². The van der Waals surface area contributed by atoms with Gasteiger partial charge in [-0.05, 0) is 58.4 Å². The number of carbonyl (C=O) groups is 1. The molecule has 1 aliphatic carbocycles. The fourth-order valence-corrected chi connectivity index (χ4v) is 2.51. The molecule has 0 spiro atoms. The molecule has 21 heavy (non-hydrogen) atoms. The molecule has 0 amide bonds. The second-order valence-corrected chi connectivity index (χ2v) is 6.86. The molecular formula is C14H21BF2O4. The van der Waals surface area contributed by atoms with Crippen molar-refractivity contribution in [1.82, 2.24) is 0 Å². The molecule has 1 N–H and O–H groups in total. The molecule has 0 aromatic rings. The zero-order chi connectivity index (χ0) is 16.0. The van der Waals surface area contributed by atoms with Gasteiger partial charge in [0.2, 0.25) is 0 Å². The van der Waals surface area contributed by atoms with Gasteiger partial charge in [0.05, 0.1) is 11.2 Å². The summed E-state index contributed by atoms with van der Waals surface area (Å²) in [6.07, 6.45) is -1.22. The van der Waals surface area contributed by atoms with Gasteiger partial charge >= 0.3 is 13.1 Å². The molecule has 7 heteroatoms. The molecule has 2 fully saturated rings. The molecule has 1 heterocycles. The first-order valence-corrected chi connectivity index (χ1v) is 7.13. The predicted molar refractivity (Wildman–Crippen MR) is 74.1 cm³/mol. The van der Waals surface area contributed by atoms with Crippen LogP contribution in [0.1, 0.15) is 47.0 Å². The van der Waals surface area contributed by atoms with Crippen molar-refractivity contribution in [2.45, 2.75) is 64.3 Å². The first-order valence-electron chi connectivity index (χ1n) is 7.13. The predicted octanol–water partition coefficient (Wildman–Crippen LogP) is 3.06. The van der Waals surface area contributed by atoms with Crippen LogP contribution in [0.15, 0.2) is 11.3 Å². The van der Waals surface area contributed by atoms with Crippen molar-refractivity contribution in [3.63, 3.8) is 0 Å². The third-order valence-electron chi connectivity index (χ3n) is 4.68. The van der Waals surface area contributed by atoms with Crippen LogP contribution in [0.2, 0.25) is 0 Å². The van der Waals surface area contributed by atoms with Crippen LogP contribution in [0.25, 0.3) is 0 Å². The van der Waals surface area contributed by atoms with E-state index in [2.05, 4.69) is 0 Å². The summed E-state index contributed by atoms with van der Waals surface area (Å²) in [5.74, 6) is -1.59. The maximum Gasteiger partial charge on any atom is 0.525 e. The monoisotopic (exact) mass is 302 g/mol. The molecule has 1 aliphatic heterocycles. The number of carboxylic acid groups (broad SMARTS) is 1. The van der Waals surface area contributed by atoms with Crippen LogP contribution in [0.5, 0.6) is 0 Å². The first-order chi connectivity index (χ1) is 9.53. The lowest BCUT2D eigenvalue weighted by atomic mass is 9.71. The summed E-state index contributed by atoms with van der Waals surface area (Å²) in [4.78, 5) is 10.4. The fourth-order valence-electron chi connectivity index (χ4n) is 2.51. The van der Waals surface area contributed by atoms with E-state index >= 15 is 0 Å². The van der Waals surface area contributed by atoms with E-state index in [0.717, 1.165) is 0 Å². The Morgan fingerprint density at radius 2 is 1.81 bits per heavy atom. The molecule has 1 saturated heterocycles. The van der Waals surface area contributed by atoms with Crippen molar-refractivity contribution in [2.24, 2.45) is 5.92 Å². The minimum Gasteiger partial charge on any atom is -0.479 e. The van der Waals surface area contributed by atoms with Crippen LogP contribution < -0.4 is 0 Å². The second kappa shape index (κ2) is 5.36. The lowest BCUT2D eigenvalue weighted by Crippen LogP contribution is -2.41. The molecule has 1 unspecified atom stereocenters. The van der Waals surface area contributed by atoms with E-state index in [-0.39, 0.29) is 12.3 Å². The molecule has 4 nitrogen and oxygen atoms in total. The van der Waals surface area contributed by atoms with Crippen LogP contribution in [0.3, 0.4) is 0 Å². The maximum absolute atomic E-state index is 14.3. The van der Waals surface area contributed by atoms with Crippen molar-refractivity contribution >= 4 is 13.1 Å². The highest BCUT2D eigenvalue weighted by Gasteiger charge is 2.54. The van der Waals surface area contributed by atoms with Crippen LogP contribution in [0.4, 0.5) is 8.78 Å². The number of hydrogen-bond acceptors (Lipinski definition) is 3. The molecule has 0 radical (unpaired) electrons. The molecular weight excluding hydrogens is 281 g/mol. The van der Waals surface area contributed by atoms with Gasteiger partial charge in [0.1, 0.15) is 5.73 Å². The summed E-state index contributed by atoms with van der Waals surface area (Å²) in [5, 5.41) is 8.51. The normalized spacial score (nSPS) is 28.2. The average molecular weight is 302 g/mol. The van der Waals surface area contributed by atoms with E-state index in [0.29, 0.717) is 18.4 Å². The van der Waals surface area contributed by atoms with Gasteiger partial charge in [-0.25, -0.2) is 13.6 Å². The quantitative estimate of drug-likeness (QED) is 0.811. The molecule has 2 aliphatic rings. The number of carboxylic acids is 1. The summed E-state index contributed by atoms with van der Waals surface area (Å²) in [7, 11) is -1.02. The highest BCUT2D eigenvalue weighted by atomic mass is 19.1. The Labute approximate surface area is 123 Å². The first kappa shape index (κ1) is 16.4. The number of hydrogen-bond donors (Lipinski definition) is 1. The standard InChI is InChI=1S/C14H21BF2O4/c1-13(2)14(3,4)21-15(20-13)11(17)9-5-8(6-9)7-10(16)12(18)19/h8,10H,5-7H2,1-4H3,(H,18,19). The SMILES string of the molecule is CC1(C)OB(C(F)=C2CC(CC(F)C(=O)O)C2)OC1(C)C. The average Bonchev–Trinajstić information content (AvgIpc) is 2.51. The Kier molecular flexibility index (Phi) is 4.19. The van der Waals surface area contributed by atoms with E-state index in [1.54, 1.807) is 0 Å². The zero-order valence-corrected chi connectivity index (χ0v) is 12.8. The van der Waals surface area contributed by atoms with Gasteiger partial charge in [0, 0.05) is 0 Å². The number of allylic oxidation sites excluding steroid dienone is 1. The lowest BCUT2D eigenvalue weighted by Gasteiger charge is -2.32. The molecule has 1 saturated carbocycles. The van der Waals surface area contributed by atoms with Crippen LogP contribution >= 0.6 is 0 Å². The van der Waals surface area contributed by atoms with Gasteiger partial charge in [-0.3, -0.25) is 0 Å². The fraction of sp³-hybridized carbons (Fsp3) is 0.786. The minimum absolute atomic E-state index is 0.0739. The van der Waals surface area contributed by atoms with Crippen molar-refractivity contribution in [3.05, 3.63) is 11.3 Å². The van der Waals surface area contributed by atoms with E-state index in [1.165, 1.54) is 0 Å². The summed E-state index contributed by atoms with van der Waals surface area (Å²) in [6, 6.07) is 0. The Morgan fingerprint density at radius 1 is 1.33 bits per heavy atom. The maximum atomic E-state index is 14.3. The van der Waals surface area contributed by atoms with Gasteiger partial charge in [0.15, 0.2) is 6.17 Å². The van der Waals surface area contributed by atoms with Crippen LogP contribution in [-0.4, -0.2) is 35.6 Å². The van der Waals surface area contributed by atoms with Crippen LogP contribution in [0, 0.1) is 5.92 Å². The number of rotatable bonds is 4. The van der Waals surface area contributed by atoms with Crippen molar-refractivity contribution < 1.29 is 28.0 Å². The number of aliphatic carboxylic acids is 1. The lowest BCUT2D eigenvalue weighted by molar-refractivity contribution is -0.143. The van der Waals surface area contributed by atoms with Crippen molar-refractivity contribution in [1.29, 1.82) is 0 Å². The Hall–Kier alpha value is -0.945. The molecule has 0 aromatic heterocycles.